The maximum Gasteiger partial charge on any atom is 0.277 e. The monoisotopic (exact) mass is 412 g/mol. The molecule has 29 heavy (non-hydrogen) atoms. The molecule has 0 saturated heterocycles. The zero-order chi connectivity index (χ0) is 20.2. The van der Waals surface area contributed by atoms with Gasteiger partial charge in [-0.1, -0.05) is 37.2 Å². The Morgan fingerprint density at radius 3 is 2.83 bits per heavy atom. The molecule has 0 atom stereocenters. The summed E-state index contributed by atoms with van der Waals surface area (Å²) in [6.45, 7) is 3.73. The van der Waals surface area contributed by atoms with Gasteiger partial charge in [0.25, 0.3) is 5.56 Å². The Hall–Kier alpha value is -2.41. The van der Waals surface area contributed by atoms with Crippen LogP contribution >= 0.6 is 11.8 Å². The van der Waals surface area contributed by atoms with Gasteiger partial charge in [-0.2, -0.15) is 4.98 Å². The SMILES string of the molecule is CCCCn1ccnc1Cn1c(SCc2ccc(F)cc2)nc(=O)c2c1CCC2. The number of imidazole rings is 1. The Morgan fingerprint density at radius 2 is 2.03 bits per heavy atom. The number of rotatable bonds is 8. The maximum atomic E-state index is 13.2. The van der Waals surface area contributed by atoms with Gasteiger partial charge in [-0.25, -0.2) is 9.37 Å². The molecule has 7 heteroatoms. The van der Waals surface area contributed by atoms with Crippen LogP contribution in [-0.2, 0) is 31.7 Å². The highest BCUT2D eigenvalue weighted by molar-refractivity contribution is 7.98. The average molecular weight is 413 g/mol. The molecule has 4 rings (SSSR count). The molecule has 0 amide bonds. The van der Waals surface area contributed by atoms with Crippen molar-refractivity contribution in [1.82, 2.24) is 19.1 Å². The van der Waals surface area contributed by atoms with E-state index in [0.717, 1.165) is 61.3 Å². The molecule has 0 saturated carbocycles. The van der Waals surface area contributed by atoms with Crippen LogP contribution in [0.4, 0.5) is 4.39 Å². The van der Waals surface area contributed by atoms with Crippen LogP contribution < -0.4 is 5.56 Å². The van der Waals surface area contributed by atoms with Crippen LogP contribution in [0.1, 0.15) is 48.8 Å². The lowest BCUT2D eigenvalue weighted by Crippen LogP contribution is -2.23. The molecule has 0 spiro atoms. The first-order chi connectivity index (χ1) is 14.2. The molecule has 0 radical (unpaired) electrons. The quantitative estimate of drug-likeness (QED) is 0.411. The number of hydrogen-bond donors (Lipinski definition) is 0. The second kappa shape index (κ2) is 8.95. The topological polar surface area (TPSA) is 52.7 Å². The fourth-order valence-electron chi connectivity index (χ4n) is 3.75. The van der Waals surface area contributed by atoms with E-state index in [0.29, 0.717) is 17.5 Å². The number of aromatic nitrogens is 4. The van der Waals surface area contributed by atoms with Crippen molar-refractivity contribution in [3.05, 3.63) is 75.5 Å². The van der Waals surface area contributed by atoms with E-state index in [1.807, 2.05) is 12.4 Å². The summed E-state index contributed by atoms with van der Waals surface area (Å²) in [5, 5.41) is 0.713. The van der Waals surface area contributed by atoms with Crippen LogP contribution in [0.5, 0.6) is 0 Å². The smallest absolute Gasteiger partial charge is 0.277 e. The first kappa shape index (κ1) is 19.9. The number of halogens is 1. The summed E-state index contributed by atoms with van der Waals surface area (Å²) in [6, 6.07) is 6.47. The van der Waals surface area contributed by atoms with E-state index in [9.17, 15) is 9.18 Å². The number of aryl methyl sites for hydroxylation is 1. The third-order valence-electron chi connectivity index (χ3n) is 5.34. The van der Waals surface area contributed by atoms with Crippen LogP contribution in [0.25, 0.3) is 0 Å². The number of hydrogen-bond acceptors (Lipinski definition) is 4. The minimum absolute atomic E-state index is 0.107. The van der Waals surface area contributed by atoms with Crippen LogP contribution in [0.15, 0.2) is 46.6 Å². The average Bonchev–Trinajstić information content (AvgIpc) is 3.38. The lowest BCUT2D eigenvalue weighted by molar-refractivity contribution is 0.550. The van der Waals surface area contributed by atoms with Crippen molar-refractivity contribution in [2.75, 3.05) is 0 Å². The van der Waals surface area contributed by atoms with Crippen LogP contribution in [-0.4, -0.2) is 19.1 Å². The molecule has 2 heterocycles. The van der Waals surface area contributed by atoms with E-state index in [-0.39, 0.29) is 11.4 Å². The summed E-state index contributed by atoms with van der Waals surface area (Å²) >= 11 is 1.52. The van der Waals surface area contributed by atoms with Crippen molar-refractivity contribution in [3.8, 4) is 0 Å². The summed E-state index contributed by atoms with van der Waals surface area (Å²) in [7, 11) is 0. The second-order valence-electron chi connectivity index (χ2n) is 7.37. The third kappa shape index (κ3) is 4.45. The van der Waals surface area contributed by atoms with Gasteiger partial charge in [-0.15, -0.1) is 0 Å². The van der Waals surface area contributed by atoms with Crippen molar-refractivity contribution in [2.45, 2.75) is 63.0 Å². The summed E-state index contributed by atoms with van der Waals surface area (Å²) in [6.07, 6.45) is 8.78. The number of benzene rings is 1. The summed E-state index contributed by atoms with van der Waals surface area (Å²) in [5.41, 5.74) is 2.84. The van der Waals surface area contributed by atoms with E-state index in [2.05, 4.69) is 26.0 Å². The molecule has 152 valence electrons. The Kier molecular flexibility index (Phi) is 6.13. The molecule has 2 aromatic heterocycles. The molecular weight excluding hydrogens is 387 g/mol. The lowest BCUT2D eigenvalue weighted by atomic mass is 10.2. The Bertz CT molecular complexity index is 1040. The fourth-order valence-corrected chi connectivity index (χ4v) is 4.72. The normalized spacial score (nSPS) is 13.0. The Morgan fingerprint density at radius 1 is 1.21 bits per heavy atom. The maximum absolute atomic E-state index is 13.2. The van der Waals surface area contributed by atoms with E-state index in [1.165, 1.54) is 23.9 Å². The largest absolute Gasteiger partial charge is 0.333 e. The van der Waals surface area contributed by atoms with Gasteiger partial charge in [0.05, 0.1) is 6.54 Å². The first-order valence-corrected chi connectivity index (χ1v) is 11.1. The Balaban J connectivity index is 1.64. The molecule has 5 nitrogen and oxygen atoms in total. The minimum atomic E-state index is -0.245. The highest BCUT2D eigenvalue weighted by atomic mass is 32.2. The molecular formula is C22H25FN4OS. The van der Waals surface area contributed by atoms with Gasteiger partial charge in [0, 0.05) is 35.9 Å². The van der Waals surface area contributed by atoms with Gasteiger partial charge in [-0.05, 0) is 43.4 Å². The number of thioether (sulfide) groups is 1. The predicted octanol–water partition coefficient (Wildman–Crippen LogP) is 4.21. The second-order valence-corrected chi connectivity index (χ2v) is 8.31. The molecule has 0 unspecified atom stereocenters. The molecule has 1 aliphatic rings. The molecule has 0 bridgehead atoms. The van der Waals surface area contributed by atoms with Crippen LogP contribution in [0, 0.1) is 5.82 Å². The molecule has 3 aromatic rings. The third-order valence-corrected chi connectivity index (χ3v) is 6.38. The first-order valence-electron chi connectivity index (χ1n) is 10.2. The van der Waals surface area contributed by atoms with Crippen LogP contribution in [0.3, 0.4) is 0 Å². The number of fused-ring (bicyclic) bond motifs is 1. The van der Waals surface area contributed by atoms with E-state index in [1.54, 1.807) is 12.1 Å². The minimum Gasteiger partial charge on any atom is -0.333 e. The number of nitrogens with zero attached hydrogens (tertiary/aromatic N) is 4. The summed E-state index contributed by atoms with van der Waals surface area (Å²) in [5.74, 6) is 1.38. The van der Waals surface area contributed by atoms with Gasteiger partial charge >= 0.3 is 0 Å². The number of unbranched alkanes of at least 4 members (excludes halogenated alkanes) is 1. The van der Waals surface area contributed by atoms with Crippen molar-refractivity contribution in [2.24, 2.45) is 0 Å². The molecule has 0 fully saturated rings. The molecule has 1 aliphatic carbocycles. The van der Waals surface area contributed by atoms with Crippen molar-refractivity contribution >= 4 is 11.8 Å². The van der Waals surface area contributed by atoms with E-state index >= 15 is 0 Å². The van der Waals surface area contributed by atoms with Crippen molar-refractivity contribution < 1.29 is 4.39 Å². The van der Waals surface area contributed by atoms with Gasteiger partial charge in [0.15, 0.2) is 5.16 Å². The predicted molar refractivity (Wildman–Crippen MR) is 113 cm³/mol. The van der Waals surface area contributed by atoms with Crippen molar-refractivity contribution in [1.29, 1.82) is 0 Å². The zero-order valence-electron chi connectivity index (χ0n) is 16.6. The zero-order valence-corrected chi connectivity index (χ0v) is 17.4. The summed E-state index contributed by atoms with van der Waals surface area (Å²) < 4.78 is 17.5. The molecule has 1 aromatic carbocycles. The molecule has 0 aliphatic heterocycles. The highest BCUT2D eigenvalue weighted by Gasteiger charge is 2.22. The van der Waals surface area contributed by atoms with Gasteiger partial charge < -0.3 is 9.13 Å². The van der Waals surface area contributed by atoms with E-state index < -0.39 is 0 Å². The lowest BCUT2D eigenvalue weighted by Gasteiger charge is -2.17. The van der Waals surface area contributed by atoms with Gasteiger partial charge in [0.1, 0.15) is 11.6 Å². The summed E-state index contributed by atoms with van der Waals surface area (Å²) in [4.78, 5) is 21.5. The molecule has 0 N–H and O–H groups in total. The van der Waals surface area contributed by atoms with Crippen molar-refractivity contribution in [3.63, 3.8) is 0 Å². The van der Waals surface area contributed by atoms with Crippen LogP contribution in [0.2, 0.25) is 0 Å². The highest BCUT2D eigenvalue weighted by Crippen LogP contribution is 2.27. The van der Waals surface area contributed by atoms with E-state index in [4.69, 9.17) is 0 Å². The van der Waals surface area contributed by atoms with Gasteiger partial charge in [-0.3, -0.25) is 4.79 Å². The van der Waals surface area contributed by atoms with Gasteiger partial charge in [0.2, 0.25) is 0 Å². The Labute approximate surface area is 174 Å². The standard InChI is InChI=1S/C22H25FN4OS/c1-2-3-12-26-13-11-24-20(26)14-27-19-6-4-5-18(19)21(28)25-22(27)29-15-16-7-9-17(23)10-8-16/h7-11,13H,2-6,12,14-15H2,1H3. The fraction of sp³-hybridized carbons (Fsp3) is 0.409.